The number of hydrogen-bond donors (Lipinski definition) is 2. The molecule has 3 nitrogen and oxygen atoms in total. The topological polar surface area (TPSA) is 61.1 Å². The van der Waals surface area contributed by atoms with Crippen LogP contribution in [0.3, 0.4) is 0 Å². The Bertz CT molecular complexity index is 667. The highest BCUT2D eigenvalue weighted by Crippen LogP contribution is 2.68. The van der Waals surface area contributed by atoms with Crippen LogP contribution in [0.2, 0.25) is 0 Å². The largest absolute Gasteiger partial charge is 0.382 e. The van der Waals surface area contributed by atoms with Crippen LogP contribution in [0, 0.1) is 39.9 Å². The number of fused-ring (bicyclic) bond motifs is 5. The van der Waals surface area contributed by atoms with Gasteiger partial charge < -0.3 is 10.5 Å². The molecular formula is C22H33NO2. The molecule has 0 radical (unpaired) electrons. The van der Waals surface area contributed by atoms with Crippen molar-refractivity contribution >= 4 is 11.5 Å². The molecule has 3 saturated carbocycles. The molecule has 2 N–H and O–H groups in total. The molecule has 0 aromatic rings. The molecule has 3 fully saturated rings. The fourth-order valence-corrected chi connectivity index (χ4v) is 7.60. The zero-order valence-corrected chi connectivity index (χ0v) is 16.2. The number of ketones is 1. The van der Waals surface area contributed by atoms with Gasteiger partial charge in [-0.2, -0.15) is 0 Å². The van der Waals surface area contributed by atoms with Crippen molar-refractivity contribution in [3.8, 4) is 0 Å². The Kier molecular flexibility index (Phi) is 3.69. The van der Waals surface area contributed by atoms with Gasteiger partial charge in [0.25, 0.3) is 0 Å². The van der Waals surface area contributed by atoms with Crippen LogP contribution in [0.25, 0.3) is 0 Å². The van der Waals surface area contributed by atoms with E-state index in [-0.39, 0.29) is 16.6 Å². The van der Waals surface area contributed by atoms with Gasteiger partial charge in [0.2, 0.25) is 0 Å². The third-order valence-corrected chi connectivity index (χ3v) is 9.05. The van der Waals surface area contributed by atoms with E-state index in [1.807, 2.05) is 0 Å². The average molecular weight is 344 g/mol. The summed E-state index contributed by atoms with van der Waals surface area (Å²) in [7, 11) is 0. The minimum atomic E-state index is -1.11. The van der Waals surface area contributed by atoms with Gasteiger partial charge >= 0.3 is 0 Å². The fraction of sp³-hybridized carbons (Fsp3) is 0.818. The van der Waals surface area contributed by atoms with Crippen molar-refractivity contribution in [1.82, 2.24) is 0 Å². The van der Waals surface area contributed by atoms with Crippen molar-refractivity contribution < 1.29 is 9.90 Å². The van der Waals surface area contributed by atoms with Crippen molar-refractivity contribution in [1.29, 1.82) is 5.41 Å². The highest BCUT2D eigenvalue weighted by atomic mass is 16.3. The van der Waals surface area contributed by atoms with Crippen LogP contribution in [0.5, 0.6) is 0 Å². The van der Waals surface area contributed by atoms with Crippen molar-refractivity contribution in [2.24, 2.45) is 34.5 Å². The Labute approximate surface area is 151 Å². The number of rotatable bonds is 1. The molecule has 138 valence electrons. The second-order valence-electron chi connectivity index (χ2n) is 9.97. The Morgan fingerprint density at radius 1 is 1.20 bits per heavy atom. The van der Waals surface area contributed by atoms with Crippen LogP contribution < -0.4 is 0 Å². The molecule has 0 aromatic heterocycles. The van der Waals surface area contributed by atoms with E-state index in [1.54, 1.807) is 6.92 Å². The summed E-state index contributed by atoms with van der Waals surface area (Å²) in [5.41, 5.74) is 1.15. The summed E-state index contributed by atoms with van der Waals surface area (Å²) in [6, 6.07) is 0. The number of Topliss-reactive ketones (excluding diaryl/α,β-unsaturated/α-hetero) is 1. The van der Waals surface area contributed by atoms with Gasteiger partial charge in [0.1, 0.15) is 5.60 Å². The molecule has 25 heavy (non-hydrogen) atoms. The summed E-state index contributed by atoms with van der Waals surface area (Å²) in [5, 5.41) is 19.3. The second-order valence-corrected chi connectivity index (χ2v) is 9.97. The van der Waals surface area contributed by atoms with Gasteiger partial charge in [-0.3, -0.25) is 4.79 Å². The van der Waals surface area contributed by atoms with E-state index in [9.17, 15) is 9.90 Å². The van der Waals surface area contributed by atoms with E-state index in [4.69, 9.17) is 5.41 Å². The molecule has 0 bridgehead atoms. The maximum atomic E-state index is 12.3. The van der Waals surface area contributed by atoms with Crippen LogP contribution in [0.1, 0.15) is 72.6 Å². The predicted molar refractivity (Wildman–Crippen MR) is 99.6 cm³/mol. The third kappa shape index (κ3) is 2.08. The Morgan fingerprint density at radius 3 is 2.56 bits per heavy atom. The van der Waals surface area contributed by atoms with Crippen LogP contribution in [0.4, 0.5) is 0 Å². The van der Waals surface area contributed by atoms with Gasteiger partial charge in [-0.25, -0.2) is 0 Å². The van der Waals surface area contributed by atoms with Gasteiger partial charge in [0.15, 0.2) is 5.78 Å². The number of carbonyl (C=O) groups is 1. The number of nitrogens with one attached hydrogen (secondary N) is 1. The molecule has 4 aliphatic carbocycles. The molecule has 0 amide bonds. The van der Waals surface area contributed by atoms with E-state index in [1.165, 1.54) is 5.57 Å². The van der Waals surface area contributed by atoms with E-state index in [0.717, 1.165) is 44.2 Å². The smallest absolute Gasteiger partial charge is 0.161 e. The monoisotopic (exact) mass is 343 g/mol. The molecule has 0 heterocycles. The zero-order chi connectivity index (χ0) is 18.2. The highest BCUT2D eigenvalue weighted by molar-refractivity contribution is 5.94. The molecule has 0 aliphatic heterocycles. The maximum absolute atomic E-state index is 12.3. The SMILES string of the molecule is CC(=O)[C@@]1(O)CC[C@H]2[C@@H]3C[C@H](C)C4=CC(=N)CC[C@]4(C)[C@H]3CC[C@@]21C. The Hall–Kier alpha value is -0.960. The zero-order valence-electron chi connectivity index (χ0n) is 16.2. The van der Waals surface area contributed by atoms with Gasteiger partial charge in [-0.1, -0.05) is 26.3 Å². The summed E-state index contributed by atoms with van der Waals surface area (Å²) in [5.74, 6) is 2.20. The molecule has 4 aliphatic rings. The predicted octanol–water partition coefficient (Wildman–Crippen LogP) is 4.54. The number of aliphatic hydroxyl groups is 1. The maximum Gasteiger partial charge on any atom is 0.161 e. The molecule has 4 rings (SSSR count). The summed E-state index contributed by atoms with van der Waals surface area (Å²) in [6.07, 6.45) is 9.05. The lowest BCUT2D eigenvalue weighted by Gasteiger charge is -2.60. The number of carbonyl (C=O) groups excluding carboxylic acids is 1. The summed E-state index contributed by atoms with van der Waals surface area (Å²) >= 11 is 0. The Morgan fingerprint density at radius 2 is 1.88 bits per heavy atom. The van der Waals surface area contributed by atoms with Crippen LogP contribution >= 0.6 is 0 Å². The second kappa shape index (κ2) is 5.28. The van der Waals surface area contributed by atoms with Crippen LogP contribution in [-0.2, 0) is 4.79 Å². The lowest BCUT2D eigenvalue weighted by Crippen LogP contribution is -2.57. The first-order chi connectivity index (χ1) is 11.6. The van der Waals surface area contributed by atoms with Crippen molar-refractivity contribution in [3.05, 3.63) is 11.6 Å². The van der Waals surface area contributed by atoms with Gasteiger partial charge in [0, 0.05) is 11.1 Å². The molecule has 7 atom stereocenters. The van der Waals surface area contributed by atoms with E-state index < -0.39 is 5.60 Å². The van der Waals surface area contributed by atoms with Gasteiger partial charge in [-0.15, -0.1) is 0 Å². The number of hydrogen-bond acceptors (Lipinski definition) is 3. The lowest BCUT2D eigenvalue weighted by molar-refractivity contribution is -0.160. The standard InChI is InChI=1S/C22H33NO2/c1-13-11-16-17(20(3)8-5-15(23)12-19(13)20)6-9-21(4)18(16)7-10-22(21,25)14(2)24/h12-13,16-18,23,25H,5-11H2,1-4H3/t13-,16+,17-,18-,20+,21-,22-/m0/s1. The Balaban J connectivity index is 1.73. The normalized spacial score (nSPS) is 52.0. The molecule has 0 aromatic carbocycles. The van der Waals surface area contributed by atoms with E-state index in [0.29, 0.717) is 30.1 Å². The minimum Gasteiger partial charge on any atom is -0.382 e. The summed E-state index contributed by atoms with van der Waals surface area (Å²) < 4.78 is 0. The quantitative estimate of drug-likeness (QED) is 0.734. The molecule has 3 heteroatoms. The van der Waals surface area contributed by atoms with Crippen LogP contribution in [0.15, 0.2) is 11.6 Å². The molecular weight excluding hydrogens is 310 g/mol. The first-order valence-corrected chi connectivity index (χ1v) is 10.2. The van der Waals surface area contributed by atoms with E-state index in [2.05, 4.69) is 26.8 Å². The first kappa shape index (κ1) is 17.5. The highest BCUT2D eigenvalue weighted by Gasteiger charge is 2.65. The average Bonchev–Trinajstić information content (AvgIpc) is 2.83. The summed E-state index contributed by atoms with van der Waals surface area (Å²) in [6.45, 7) is 8.54. The van der Waals surface area contributed by atoms with E-state index >= 15 is 0 Å². The minimum absolute atomic E-state index is 0.0299. The van der Waals surface area contributed by atoms with Crippen molar-refractivity contribution in [2.45, 2.75) is 78.2 Å². The van der Waals surface area contributed by atoms with Gasteiger partial charge in [-0.05, 0) is 87.0 Å². The fourth-order valence-electron chi connectivity index (χ4n) is 7.60. The first-order valence-electron chi connectivity index (χ1n) is 10.2. The third-order valence-electron chi connectivity index (χ3n) is 9.05. The van der Waals surface area contributed by atoms with Crippen molar-refractivity contribution in [3.63, 3.8) is 0 Å². The molecule has 0 unspecified atom stereocenters. The molecule has 0 saturated heterocycles. The number of allylic oxidation sites excluding steroid dienone is 2. The van der Waals surface area contributed by atoms with Gasteiger partial charge in [0.05, 0.1) is 0 Å². The summed E-state index contributed by atoms with van der Waals surface area (Å²) in [4.78, 5) is 12.3. The molecule has 0 spiro atoms. The van der Waals surface area contributed by atoms with Crippen molar-refractivity contribution in [2.75, 3.05) is 0 Å². The van der Waals surface area contributed by atoms with Crippen LogP contribution in [-0.4, -0.2) is 22.2 Å². The lowest BCUT2D eigenvalue weighted by atomic mass is 9.44.